The van der Waals surface area contributed by atoms with Crippen LogP contribution in [0.2, 0.25) is 0 Å². The Morgan fingerprint density at radius 3 is 2.36 bits per heavy atom. The minimum Gasteiger partial charge on any atom is -0.388 e. The number of rotatable bonds is 3. The number of hydrogen-bond donors (Lipinski definition) is 1. The molecule has 0 saturated heterocycles. The van der Waals surface area contributed by atoms with Crippen LogP contribution >= 0.6 is 11.8 Å². The van der Waals surface area contributed by atoms with Crippen molar-refractivity contribution in [2.24, 2.45) is 5.92 Å². The summed E-state index contributed by atoms with van der Waals surface area (Å²) >= 11 is 1.74. The van der Waals surface area contributed by atoms with Crippen molar-refractivity contribution in [2.45, 2.75) is 30.3 Å². The van der Waals surface area contributed by atoms with Gasteiger partial charge in [0.15, 0.2) is 0 Å². The summed E-state index contributed by atoms with van der Waals surface area (Å²) in [5.41, 5.74) is 1.08. The van der Waals surface area contributed by atoms with Crippen molar-refractivity contribution in [3.8, 4) is 0 Å². The zero-order chi connectivity index (χ0) is 9.97. The molecule has 2 heteroatoms. The summed E-state index contributed by atoms with van der Waals surface area (Å²) in [6.07, 6.45) is 5.48. The van der Waals surface area contributed by atoms with Crippen molar-refractivity contribution >= 4 is 11.8 Å². The van der Waals surface area contributed by atoms with Crippen LogP contribution in [0.25, 0.3) is 0 Å². The smallest absolute Gasteiger partial charge is 0.0818 e. The van der Waals surface area contributed by atoms with Gasteiger partial charge in [-0.05, 0) is 42.7 Å². The first kappa shape index (κ1) is 10.1. The van der Waals surface area contributed by atoms with Gasteiger partial charge >= 0.3 is 0 Å². The summed E-state index contributed by atoms with van der Waals surface area (Å²) in [5.74, 6) is 0.509. The van der Waals surface area contributed by atoms with Crippen LogP contribution in [-0.4, -0.2) is 11.4 Å². The lowest BCUT2D eigenvalue weighted by Crippen LogP contribution is -2.19. The van der Waals surface area contributed by atoms with Gasteiger partial charge in [0.2, 0.25) is 0 Å². The van der Waals surface area contributed by atoms with E-state index >= 15 is 0 Å². The average molecular weight is 208 g/mol. The van der Waals surface area contributed by atoms with Crippen molar-refractivity contribution in [1.29, 1.82) is 0 Å². The SMILES string of the molecule is CSc1ccc(C(O)C2CCC2)cc1. The van der Waals surface area contributed by atoms with Crippen molar-refractivity contribution in [2.75, 3.05) is 6.26 Å². The molecule has 0 heterocycles. The van der Waals surface area contributed by atoms with E-state index in [0.29, 0.717) is 5.92 Å². The molecule has 0 radical (unpaired) electrons. The largest absolute Gasteiger partial charge is 0.388 e. The van der Waals surface area contributed by atoms with E-state index in [-0.39, 0.29) is 6.10 Å². The van der Waals surface area contributed by atoms with Gasteiger partial charge in [0.05, 0.1) is 6.10 Å². The minimum atomic E-state index is -0.236. The molecule has 1 fully saturated rings. The van der Waals surface area contributed by atoms with Crippen molar-refractivity contribution in [1.82, 2.24) is 0 Å². The number of thioether (sulfide) groups is 1. The first-order valence-electron chi connectivity index (χ1n) is 5.13. The zero-order valence-corrected chi connectivity index (χ0v) is 9.26. The van der Waals surface area contributed by atoms with E-state index in [9.17, 15) is 5.11 Å². The highest BCUT2D eigenvalue weighted by atomic mass is 32.2. The third-order valence-corrected chi connectivity index (χ3v) is 3.80. The van der Waals surface area contributed by atoms with Gasteiger partial charge in [0.1, 0.15) is 0 Å². The minimum absolute atomic E-state index is 0.236. The van der Waals surface area contributed by atoms with Gasteiger partial charge in [-0.2, -0.15) is 0 Å². The van der Waals surface area contributed by atoms with Crippen LogP contribution in [0.5, 0.6) is 0 Å². The third kappa shape index (κ3) is 1.96. The second-order valence-electron chi connectivity index (χ2n) is 3.91. The standard InChI is InChI=1S/C12H16OS/c1-14-11-7-5-10(6-8-11)12(13)9-3-2-4-9/h5-9,12-13H,2-4H2,1H3. The molecule has 0 amide bonds. The van der Waals surface area contributed by atoms with Crippen LogP contribution in [0.1, 0.15) is 30.9 Å². The molecule has 1 N–H and O–H groups in total. The molecule has 1 aromatic carbocycles. The van der Waals surface area contributed by atoms with Gasteiger partial charge in [-0.25, -0.2) is 0 Å². The molecule has 1 aliphatic carbocycles. The quantitative estimate of drug-likeness (QED) is 0.769. The maximum absolute atomic E-state index is 10.00. The van der Waals surface area contributed by atoms with E-state index < -0.39 is 0 Å². The zero-order valence-electron chi connectivity index (χ0n) is 8.44. The Morgan fingerprint density at radius 1 is 1.29 bits per heavy atom. The van der Waals surface area contributed by atoms with Gasteiger partial charge < -0.3 is 5.11 Å². The molecule has 1 atom stereocenters. The Labute approximate surface area is 89.5 Å². The van der Waals surface area contributed by atoms with Gasteiger partial charge in [-0.3, -0.25) is 0 Å². The normalized spacial score (nSPS) is 19.0. The van der Waals surface area contributed by atoms with Crippen molar-refractivity contribution in [3.05, 3.63) is 29.8 Å². The second-order valence-corrected chi connectivity index (χ2v) is 4.79. The molecular formula is C12H16OS. The molecule has 2 rings (SSSR count). The van der Waals surface area contributed by atoms with Gasteiger partial charge in [-0.1, -0.05) is 18.6 Å². The highest BCUT2D eigenvalue weighted by Gasteiger charge is 2.26. The molecule has 0 spiro atoms. The number of benzene rings is 1. The molecule has 1 saturated carbocycles. The Balaban J connectivity index is 2.07. The summed E-state index contributed by atoms with van der Waals surface area (Å²) < 4.78 is 0. The van der Waals surface area contributed by atoms with Crippen molar-refractivity contribution < 1.29 is 5.11 Å². The Kier molecular flexibility index (Phi) is 3.14. The topological polar surface area (TPSA) is 20.2 Å². The fourth-order valence-corrected chi connectivity index (χ4v) is 2.24. The Morgan fingerprint density at radius 2 is 1.93 bits per heavy atom. The number of hydrogen-bond acceptors (Lipinski definition) is 2. The van der Waals surface area contributed by atoms with E-state index in [2.05, 4.69) is 30.5 Å². The second kappa shape index (κ2) is 4.37. The van der Waals surface area contributed by atoms with E-state index in [1.165, 1.54) is 24.2 Å². The highest BCUT2D eigenvalue weighted by Crippen LogP contribution is 2.37. The molecule has 1 unspecified atom stereocenters. The summed E-state index contributed by atoms with van der Waals surface area (Å²) in [7, 11) is 0. The van der Waals surface area contributed by atoms with Crippen LogP contribution in [0.4, 0.5) is 0 Å². The summed E-state index contributed by atoms with van der Waals surface area (Å²) in [4.78, 5) is 1.26. The van der Waals surface area contributed by atoms with E-state index in [4.69, 9.17) is 0 Å². The monoisotopic (exact) mass is 208 g/mol. The lowest BCUT2D eigenvalue weighted by molar-refractivity contribution is 0.0620. The molecule has 1 aliphatic rings. The Hall–Kier alpha value is -0.470. The molecule has 0 aliphatic heterocycles. The van der Waals surface area contributed by atoms with Gasteiger partial charge in [-0.15, -0.1) is 11.8 Å². The van der Waals surface area contributed by atoms with Crippen LogP contribution < -0.4 is 0 Å². The maximum Gasteiger partial charge on any atom is 0.0818 e. The lowest BCUT2D eigenvalue weighted by atomic mass is 9.79. The lowest BCUT2D eigenvalue weighted by Gasteiger charge is -2.30. The fourth-order valence-electron chi connectivity index (χ4n) is 1.83. The molecule has 1 nitrogen and oxygen atoms in total. The number of aliphatic hydroxyl groups excluding tert-OH is 1. The summed E-state index contributed by atoms with van der Waals surface area (Å²) in [6.45, 7) is 0. The Bertz CT molecular complexity index is 290. The number of aliphatic hydroxyl groups is 1. The first-order valence-corrected chi connectivity index (χ1v) is 6.36. The molecule has 1 aromatic rings. The van der Waals surface area contributed by atoms with Crippen LogP contribution in [0, 0.1) is 5.92 Å². The van der Waals surface area contributed by atoms with E-state index in [1.54, 1.807) is 11.8 Å². The molecule has 0 aromatic heterocycles. The predicted octanol–water partition coefficient (Wildman–Crippen LogP) is 3.24. The third-order valence-electron chi connectivity index (χ3n) is 3.05. The molecular weight excluding hydrogens is 192 g/mol. The highest BCUT2D eigenvalue weighted by molar-refractivity contribution is 7.98. The predicted molar refractivity (Wildman–Crippen MR) is 60.5 cm³/mol. The molecule has 76 valence electrons. The van der Waals surface area contributed by atoms with E-state index in [1.807, 2.05) is 0 Å². The van der Waals surface area contributed by atoms with Crippen LogP contribution in [0.15, 0.2) is 29.2 Å². The summed E-state index contributed by atoms with van der Waals surface area (Å²) in [5, 5.41) is 10.00. The average Bonchev–Trinajstić information content (AvgIpc) is 2.15. The fraction of sp³-hybridized carbons (Fsp3) is 0.500. The van der Waals surface area contributed by atoms with Crippen LogP contribution in [0.3, 0.4) is 0 Å². The van der Waals surface area contributed by atoms with Gasteiger partial charge in [0, 0.05) is 4.90 Å². The van der Waals surface area contributed by atoms with Crippen LogP contribution in [-0.2, 0) is 0 Å². The van der Waals surface area contributed by atoms with Crippen molar-refractivity contribution in [3.63, 3.8) is 0 Å². The van der Waals surface area contributed by atoms with E-state index in [0.717, 1.165) is 5.56 Å². The first-order chi connectivity index (χ1) is 6.81. The summed E-state index contributed by atoms with van der Waals surface area (Å²) in [6, 6.07) is 8.27. The maximum atomic E-state index is 10.00. The van der Waals surface area contributed by atoms with Gasteiger partial charge in [0.25, 0.3) is 0 Å². The molecule has 0 bridgehead atoms. The molecule has 14 heavy (non-hydrogen) atoms.